The third kappa shape index (κ3) is 4.66. The number of ether oxygens (including phenoxy) is 1. The van der Waals surface area contributed by atoms with Gasteiger partial charge in [-0.25, -0.2) is 23.5 Å². The maximum atomic E-state index is 14.0. The van der Waals surface area contributed by atoms with Crippen molar-refractivity contribution in [3.63, 3.8) is 0 Å². The molecule has 1 N–H and O–H groups in total. The van der Waals surface area contributed by atoms with Gasteiger partial charge < -0.3 is 24.1 Å². The molecule has 2 aromatic carbocycles. The molecule has 11 nitrogen and oxygen atoms in total. The number of imidazole rings is 1. The lowest BCUT2D eigenvalue weighted by Gasteiger charge is -2.37. The van der Waals surface area contributed by atoms with Crippen molar-refractivity contribution in [2.24, 2.45) is 5.92 Å². The fraction of sp³-hybridized carbons (Fsp3) is 0.387. The van der Waals surface area contributed by atoms with Gasteiger partial charge in [-0.2, -0.15) is 4.98 Å². The zero-order valence-electron chi connectivity index (χ0n) is 24.1. The number of amides is 1. The molecule has 3 aromatic heterocycles. The Hall–Kier alpha value is -4.81. The molecule has 0 saturated carbocycles. The van der Waals surface area contributed by atoms with Gasteiger partial charge in [-0.05, 0) is 36.6 Å². The van der Waals surface area contributed by atoms with Gasteiger partial charge in [-0.15, -0.1) is 0 Å². The van der Waals surface area contributed by atoms with Crippen LogP contribution in [0.4, 0.5) is 14.6 Å². The number of benzene rings is 2. The number of likely N-dealkylation sites (tertiary alicyclic amines) is 1. The number of carbonyl (C=O) groups excluding carboxylic acids is 1. The van der Waals surface area contributed by atoms with Gasteiger partial charge in [-0.1, -0.05) is 31.2 Å². The number of rotatable bonds is 6. The van der Waals surface area contributed by atoms with Crippen molar-refractivity contribution in [2.75, 3.05) is 24.5 Å². The quantitative estimate of drug-likeness (QED) is 0.278. The maximum absolute atomic E-state index is 14.0. The summed E-state index contributed by atoms with van der Waals surface area (Å²) in [6, 6.07) is 13.8. The molecule has 0 unspecified atom stereocenters. The van der Waals surface area contributed by atoms with Gasteiger partial charge in [0.05, 0.1) is 17.6 Å². The number of carboxylic acid groups (broad SMARTS) is 1. The Bertz CT molecular complexity index is 1910. The first-order valence-electron chi connectivity index (χ1n) is 14.6. The standard InChI is InChI=1S/C31H30F2N6O5/c1-16-14-37(17(2)40)12-11-21(16)39-22-9-5-4-8-20(22)34-31(39)43-18-13-23(30(41)42)38(15-18)29-26-25(35-28(36-29)27(32)33)19-7-3-6-10-24(19)44-26/h3-10,16,18,21,23,27H,11-15H2,1-2H3,(H,41,42)/t16-,18-,21-,23-/m0/s1. The molecule has 0 spiro atoms. The fourth-order valence-electron chi connectivity index (χ4n) is 6.61. The summed E-state index contributed by atoms with van der Waals surface area (Å²) in [5.41, 5.74) is 2.38. The summed E-state index contributed by atoms with van der Waals surface area (Å²) >= 11 is 0. The molecule has 7 rings (SSSR count). The van der Waals surface area contributed by atoms with Gasteiger partial charge in [0.1, 0.15) is 23.2 Å². The number of alkyl halides is 2. The Labute approximate surface area is 250 Å². The molecule has 2 aliphatic heterocycles. The second-order valence-corrected chi connectivity index (χ2v) is 11.5. The molecule has 2 fully saturated rings. The first-order valence-corrected chi connectivity index (χ1v) is 14.6. The summed E-state index contributed by atoms with van der Waals surface area (Å²) in [6.45, 7) is 4.90. The highest BCUT2D eigenvalue weighted by Crippen LogP contribution is 2.40. The van der Waals surface area contributed by atoms with Crippen LogP contribution in [-0.2, 0) is 9.59 Å². The third-order valence-electron chi connectivity index (χ3n) is 8.71. The molecular formula is C31H30F2N6O5. The van der Waals surface area contributed by atoms with E-state index < -0.39 is 30.4 Å². The Morgan fingerprint density at radius 1 is 1.07 bits per heavy atom. The molecule has 2 saturated heterocycles. The number of hydrogen-bond acceptors (Lipinski definition) is 8. The van der Waals surface area contributed by atoms with Crippen LogP contribution in [0.3, 0.4) is 0 Å². The molecule has 0 bridgehead atoms. The van der Waals surface area contributed by atoms with Gasteiger partial charge in [0.25, 0.3) is 12.4 Å². The predicted octanol–water partition coefficient (Wildman–Crippen LogP) is 5.20. The second-order valence-electron chi connectivity index (χ2n) is 11.5. The molecule has 5 heterocycles. The van der Waals surface area contributed by atoms with Crippen LogP contribution in [0, 0.1) is 5.92 Å². The van der Waals surface area contributed by atoms with Gasteiger partial charge in [0.15, 0.2) is 17.2 Å². The lowest BCUT2D eigenvalue weighted by Crippen LogP contribution is -2.42. The molecule has 4 atom stereocenters. The molecule has 1 amide bonds. The van der Waals surface area contributed by atoms with Crippen LogP contribution in [-0.4, -0.2) is 73.2 Å². The smallest absolute Gasteiger partial charge is 0.326 e. The highest BCUT2D eigenvalue weighted by molar-refractivity contribution is 6.06. The molecule has 13 heteroatoms. The zero-order chi connectivity index (χ0) is 30.7. The normalized spacial score (nSPS) is 22.5. The highest BCUT2D eigenvalue weighted by Gasteiger charge is 2.42. The lowest BCUT2D eigenvalue weighted by molar-refractivity contribution is -0.138. The van der Waals surface area contributed by atoms with Crippen molar-refractivity contribution in [2.45, 2.75) is 51.3 Å². The number of anilines is 1. The van der Waals surface area contributed by atoms with Crippen LogP contribution in [0.2, 0.25) is 0 Å². The molecule has 0 aliphatic carbocycles. The summed E-state index contributed by atoms with van der Waals surface area (Å²) < 4.78 is 42.5. The number of furan rings is 1. The van der Waals surface area contributed by atoms with Crippen LogP contribution in [0.1, 0.15) is 45.0 Å². The average molecular weight is 605 g/mol. The van der Waals surface area contributed by atoms with E-state index in [9.17, 15) is 23.5 Å². The topological polar surface area (TPSA) is 127 Å². The van der Waals surface area contributed by atoms with Gasteiger partial charge in [0, 0.05) is 37.9 Å². The SMILES string of the molecule is CC(=O)N1CC[C@H](n2c(O[C@H]3C[C@@H](C(=O)O)N(c4nc(C(F)F)nc5c4oc4ccccc45)C3)nc3ccccc32)[C@@H](C)C1. The van der Waals surface area contributed by atoms with Gasteiger partial charge in [0.2, 0.25) is 5.91 Å². The van der Waals surface area contributed by atoms with Crippen LogP contribution < -0.4 is 9.64 Å². The minimum absolute atomic E-state index is 0.00795. The van der Waals surface area contributed by atoms with E-state index in [-0.39, 0.29) is 47.8 Å². The summed E-state index contributed by atoms with van der Waals surface area (Å²) in [5.74, 6) is -1.73. The number of carboxylic acids is 1. The summed E-state index contributed by atoms with van der Waals surface area (Å²) in [6.07, 6.45) is -2.86. The molecule has 2 aliphatic rings. The van der Waals surface area contributed by atoms with E-state index in [2.05, 4.69) is 16.9 Å². The maximum Gasteiger partial charge on any atom is 0.326 e. The molecule has 44 heavy (non-hydrogen) atoms. The largest absolute Gasteiger partial charge is 0.480 e. The minimum atomic E-state index is -2.97. The molecule has 0 radical (unpaired) electrons. The Morgan fingerprint density at radius 2 is 1.84 bits per heavy atom. The third-order valence-corrected chi connectivity index (χ3v) is 8.71. The second kappa shape index (κ2) is 10.7. The van der Waals surface area contributed by atoms with Gasteiger partial charge in [-0.3, -0.25) is 9.36 Å². The van der Waals surface area contributed by atoms with E-state index in [1.807, 2.05) is 33.7 Å². The number of para-hydroxylation sites is 3. The summed E-state index contributed by atoms with van der Waals surface area (Å²) in [4.78, 5) is 40.8. The van der Waals surface area contributed by atoms with Crippen molar-refractivity contribution in [3.05, 3.63) is 54.4 Å². The lowest BCUT2D eigenvalue weighted by atomic mass is 9.93. The van der Waals surface area contributed by atoms with E-state index in [1.54, 1.807) is 31.2 Å². The van der Waals surface area contributed by atoms with Crippen LogP contribution in [0.15, 0.2) is 52.9 Å². The Morgan fingerprint density at radius 3 is 2.59 bits per heavy atom. The minimum Gasteiger partial charge on any atom is -0.480 e. The number of halogens is 2. The van der Waals surface area contributed by atoms with Crippen molar-refractivity contribution >= 4 is 50.8 Å². The van der Waals surface area contributed by atoms with E-state index in [0.717, 1.165) is 11.0 Å². The van der Waals surface area contributed by atoms with Crippen molar-refractivity contribution in [3.8, 4) is 6.01 Å². The zero-order valence-corrected chi connectivity index (χ0v) is 24.1. The van der Waals surface area contributed by atoms with E-state index in [4.69, 9.17) is 14.1 Å². The number of piperidine rings is 1. The van der Waals surface area contributed by atoms with Crippen LogP contribution in [0.25, 0.3) is 33.1 Å². The number of carbonyl (C=O) groups is 2. The van der Waals surface area contributed by atoms with Crippen LogP contribution >= 0.6 is 0 Å². The predicted molar refractivity (Wildman–Crippen MR) is 157 cm³/mol. The number of hydrogen-bond donors (Lipinski definition) is 1. The number of aromatic nitrogens is 4. The molecular weight excluding hydrogens is 574 g/mol. The highest BCUT2D eigenvalue weighted by atomic mass is 19.3. The fourth-order valence-corrected chi connectivity index (χ4v) is 6.61. The molecule has 228 valence electrons. The van der Waals surface area contributed by atoms with Crippen molar-refractivity contribution in [1.29, 1.82) is 0 Å². The van der Waals surface area contributed by atoms with E-state index in [1.165, 1.54) is 4.90 Å². The van der Waals surface area contributed by atoms with Crippen molar-refractivity contribution < 1.29 is 32.6 Å². The molecule has 5 aromatic rings. The average Bonchev–Trinajstić information content (AvgIpc) is 3.70. The van der Waals surface area contributed by atoms with Crippen LogP contribution in [0.5, 0.6) is 6.01 Å². The first-order chi connectivity index (χ1) is 21.2. The Balaban J connectivity index is 1.26. The monoisotopic (exact) mass is 604 g/mol. The number of fused-ring (bicyclic) bond motifs is 4. The first kappa shape index (κ1) is 28.0. The number of nitrogens with zero attached hydrogens (tertiary/aromatic N) is 6. The van der Waals surface area contributed by atoms with Crippen molar-refractivity contribution in [1.82, 2.24) is 24.4 Å². The summed E-state index contributed by atoms with van der Waals surface area (Å²) in [7, 11) is 0. The van der Waals surface area contributed by atoms with E-state index >= 15 is 0 Å². The number of aliphatic carboxylic acids is 1. The van der Waals surface area contributed by atoms with Gasteiger partial charge >= 0.3 is 5.97 Å². The Kier molecular flexibility index (Phi) is 6.82. The van der Waals surface area contributed by atoms with E-state index in [0.29, 0.717) is 36.5 Å². The summed E-state index contributed by atoms with van der Waals surface area (Å²) in [5, 5.41) is 10.8.